The van der Waals surface area contributed by atoms with Crippen molar-refractivity contribution in [2.24, 2.45) is 29.1 Å². The van der Waals surface area contributed by atoms with Gasteiger partial charge in [-0.1, -0.05) is 19.1 Å². The van der Waals surface area contributed by atoms with Crippen LogP contribution in [-0.2, 0) is 19.0 Å². The first-order valence-corrected chi connectivity index (χ1v) is 11.2. The largest absolute Gasteiger partial charge is 0.358 e. The molecule has 0 aromatic carbocycles. The van der Waals surface area contributed by atoms with E-state index in [4.69, 9.17) is 14.2 Å². The van der Waals surface area contributed by atoms with Crippen LogP contribution in [0.4, 0.5) is 0 Å². The van der Waals surface area contributed by atoms with Crippen molar-refractivity contribution >= 4 is 5.78 Å². The maximum atomic E-state index is 12.6. The predicted octanol–water partition coefficient (Wildman–Crippen LogP) is 4.19. The Hall–Kier alpha value is -0.970. The van der Waals surface area contributed by atoms with E-state index in [0.717, 1.165) is 38.5 Å². The number of hydrogen-bond donors (Lipinski definition) is 0. The lowest BCUT2D eigenvalue weighted by atomic mass is 9.53. The van der Waals surface area contributed by atoms with Crippen molar-refractivity contribution in [2.75, 3.05) is 13.2 Å². The Morgan fingerprint density at radius 1 is 1.25 bits per heavy atom. The first kappa shape index (κ1) is 17.9. The van der Waals surface area contributed by atoms with Crippen LogP contribution in [0, 0.1) is 29.1 Å². The second-order valence-electron chi connectivity index (χ2n) is 10.6. The lowest BCUT2D eigenvalue weighted by molar-refractivity contribution is -0.185. The fraction of sp³-hybridized carbons (Fsp3) is 0.792. The Morgan fingerprint density at radius 2 is 2.04 bits per heavy atom. The van der Waals surface area contributed by atoms with Crippen LogP contribution < -0.4 is 0 Å². The van der Waals surface area contributed by atoms with Crippen molar-refractivity contribution < 1.29 is 19.0 Å². The zero-order valence-corrected chi connectivity index (χ0v) is 17.2. The van der Waals surface area contributed by atoms with Crippen LogP contribution in [0.3, 0.4) is 0 Å². The molecule has 4 nitrogen and oxygen atoms in total. The minimum atomic E-state index is -0.391. The topological polar surface area (TPSA) is 48.1 Å². The molecule has 0 aromatic rings. The molecule has 4 aliphatic carbocycles. The van der Waals surface area contributed by atoms with Gasteiger partial charge < -0.3 is 14.2 Å². The lowest BCUT2D eigenvalue weighted by Crippen LogP contribution is -2.52. The van der Waals surface area contributed by atoms with Gasteiger partial charge in [0.05, 0.1) is 13.2 Å². The number of Topliss-reactive ketones (excluding diaryl/α,β-unsaturated/α-hetero) is 1. The van der Waals surface area contributed by atoms with Crippen LogP contribution in [-0.4, -0.2) is 36.0 Å². The van der Waals surface area contributed by atoms with Gasteiger partial charge >= 0.3 is 0 Å². The summed E-state index contributed by atoms with van der Waals surface area (Å²) in [4.78, 5) is 12.6. The molecule has 3 saturated carbocycles. The number of ketones is 1. The second kappa shape index (κ2) is 5.39. The molecule has 0 bridgehead atoms. The number of allylic oxidation sites excluding steroid dienone is 2. The lowest BCUT2D eigenvalue weighted by Gasteiger charge is -2.50. The fourth-order valence-corrected chi connectivity index (χ4v) is 8.43. The van der Waals surface area contributed by atoms with E-state index in [-0.39, 0.29) is 22.5 Å². The molecule has 7 atom stereocenters. The number of carbonyl (C=O) groups excluding carboxylic acids is 1. The summed E-state index contributed by atoms with van der Waals surface area (Å²) in [6.45, 7) is 9.65. The molecule has 2 aliphatic heterocycles. The SMILES string of the molecule is C=C[C@@H]1C[C@H]2[C@@H]3CCC45CC6(CC[C@]4(O5)C3=CC[C@]2(C)[C@H]1C(C)=O)OCCO6. The Bertz CT molecular complexity index is 779. The summed E-state index contributed by atoms with van der Waals surface area (Å²) in [6.07, 6.45) is 11.7. The van der Waals surface area contributed by atoms with Gasteiger partial charge in [0.2, 0.25) is 0 Å². The summed E-state index contributed by atoms with van der Waals surface area (Å²) in [6, 6.07) is 0. The van der Waals surface area contributed by atoms with Crippen molar-refractivity contribution in [1.29, 1.82) is 0 Å². The van der Waals surface area contributed by atoms with Gasteiger partial charge in [-0.05, 0) is 67.8 Å². The molecule has 2 saturated heterocycles. The molecule has 0 aromatic heterocycles. The van der Waals surface area contributed by atoms with Gasteiger partial charge in [0, 0.05) is 18.8 Å². The molecule has 6 aliphatic rings. The van der Waals surface area contributed by atoms with Crippen LogP contribution in [0.2, 0.25) is 0 Å². The first-order chi connectivity index (χ1) is 13.4. The van der Waals surface area contributed by atoms with Gasteiger partial charge in [-0.2, -0.15) is 0 Å². The molecule has 1 spiro atoms. The predicted molar refractivity (Wildman–Crippen MR) is 105 cm³/mol. The highest BCUT2D eigenvalue weighted by molar-refractivity contribution is 5.80. The van der Waals surface area contributed by atoms with E-state index in [1.165, 1.54) is 6.42 Å². The summed E-state index contributed by atoms with van der Waals surface area (Å²) < 4.78 is 18.7. The monoisotopic (exact) mass is 384 g/mol. The van der Waals surface area contributed by atoms with Crippen molar-refractivity contribution in [1.82, 2.24) is 0 Å². The highest BCUT2D eigenvalue weighted by Gasteiger charge is 2.79. The third kappa shape index (κ3) is 1.95. The number of fused-ring (bicyclic) bond motifs is 3. The zero-order valence-electron chi connectivity index (χ0n) is 17.2. The van der Waals surface area contributed by atoms with Gasteiger partial charge in [-0.15, -0.1) is 6.58 Å². The number of hydrogen-bond acceptors (Lipinski definition) is 4. The zero-order chi connectivity index (χ0) is 19.4. The molecule has 5 fully saturated rings. The standard InChI is InChI=1S/C24H32O4/c1-4-16-13-19-17-5-8-22-14-23(26-11-12-27-23)9-10-24(22,28-22)18(17)6-7-21(19,3)20(16)15(2)25/h4,6,16-17,19-20H,1,5,7-14H2,2-3H3/t16-,17-,19+,20+,21+,22?,24+/m1/s1. The number of epoxide rings is 1. The third-order valence-electron chi connectivity index (χ3n) is 9.52. The molecule has 2 heterocycles. The van der Waals surface area contributed by atoms with E-state index in [0.29, 0.717) is 36.8 Å². The quantitative estimate of drug-likeness (QED) is 0.529. The Morgan fingerprint density at radius 3 is 2.75 bits per heavy atom. The van der Waals surface area contributed by atoms with E-state index in [2.05, 4.69) is 19.6 Å². The molecular weight excluding hydrogens is 352 g/mol. The highest BCUT2D eigenvalue weighted by Crippen LogP contribution is 2.74. The maximum absolute atomic E-state index is 12.6. The van der Waals surface area contributed by atoms with Crippen LogP contribution >= 0.6 is 0 Å². The van der Waals surface area contributed by atoms with E-state index >= 15 is 0 Å². The van der Waals surface area contributed by atoms with Gasteiger partial charge in [-0.25, -0.2) is 0 Å². The summed E-state index contributed by atoms with van der Waals surface area (Å²) in [7, 11) is 0. The first-order valence-electron chi connectivity index (χ1n) is 11.2. The highest BCUT2D eigenvalue weighted by atomic mass is 16.7. The van der Waals surface area contributed by atoms with E-state index in [9.17, 15) is 4.79 Å². The number of carbonyl (C=O) groups is 1. The van der Waals surface area contributed by atoms with Crippen LogP contribution in [0.5, 0.6) is 0 Å². The average Bonchev–Trinajstić information content (AvgIpc) is 2.95. The van der Waals surface area contributed by atoms with E-state index in [1.54, 1.807) is 12.5 Å². The Kier molecular flexibility index (Phi) is 3.43. The molecule has 0 amide bonds. The molecule has 0 radical (unpaired) electrons. The molecule has 28 heavy (non-hydrogen) atoms. The summed E-state index contributed by atoms with van der Waals surface area (Å²) in [5.41, 5.74) is 1.48. The van der Waals surface area contributed by atoms with Crippen LogP contribution in [0.25, 0.3) is 0 Å². The van der Waals surface area contributed by atoms with Gasteiger partial charge in [0.1, 0.15) is 17.0 Å². The molecule has 152 valence electrons. The van der Waals surface area contributed by atoms with Gasteiger partial charge in [-0.3, -0.25) is 4.79 Å². The fourth-order valence-electron chi connectivity index (χ4n) is 8.43. The Balaban J connectivity index is 1.35. The van der Waals surface area contributed by atoms with Crippen LogP contribution in [0.15, 0.2) is 24.3 Å². The summed E-state index contributed by atoms with van der Waals surface area (Å²) >= 11 is 0. The molecule has 6 rings (SSSR count). The van der Waals surface area contributed by atoms with Gasteiger partial charge in [0.15, 0.2) is 5.79 Å². The molecule has 4 heteroatoms. The normalized spacial score (nSPS) is 52.9. The van der Waals surface area contributed by atoms with Crippen molar-refractivity contribution in [3.8, 4) is 0 Å². The number of ether oxygens (including phenoxy) is 3. The smallest absolute Gasteiger partial charge is 0.171 e. The molecular formula is C24H32O4. The molecule has 0 N–H and O–H groups in total. The minimum Gasteiger partial charge on any atom is -0.358 e. The summed E-state index contributed by atoms with van der Waals surface area (Å²) in [5.74, 6) is 1.51. The average molecular weight is 385 g/mol. The second-order valence-corrected chi connectivity index (χ2v) is 10.6. The third-order valence-corrected chi connectivity index (χ3v) is 9.52. The maximum Gasteiger partial charge on any atom is 0.171 e. The minimum absolute atomic E-state index is 0.0674. The van der Waals surface area contributed by atoms with E-state index < -0.39 is 5.79 Å². The van der Waals surface area contributed by atoms with Crippen molar-refractivity contribution in [2.45, 2.75) is 75.8 Å². The van der Waals surface area contributed by atoms with E-state index in [1.807, 2.05) is 6.08 Å². The Labute approximate surface area is 167 Å². The summed E-state index contributed by atoms with van der Waals surface area (Å²) in [5, 5.41) is 0. The van der Waals surface area contributed by atoms with Gasteiger partial charge in [0.25, 0.3) is 0 Å². The van der Waals surface area contributed by atoms with Crippen molar-refractivity contribution in [3.05, 3.63) is 24.3 Å². The number of rotatable bonds is 2. The van der Waals surface area contributed by atoms with Crippen molar-refractivity contribution in [3.63, 3.8) is 0 Å². The molecule has 1 unspecified atom stereocenters. The van der Waals surface area contributed by atoms with Crippen LogP contribution in [0.1, 0.15) is 58.8 Å².